The summed E-state index contributed by atoms with van der Waals surface area (Å²) in [5, 5.41) is 1.88. The number of carbonyl (C=O) groups excluding carboxylic acids is 3. The van der Waals surface area contributed by atoms with E-state index in [0.29, 0.717) is 37.4 Å². The van der Waals surface area contributed by atoms with Crippen LogP contribution in [0.15, 0.2) is 47.8 Å². The van der Waals surface area contributed by atoms with E-state index in [4.69, 9.17) is 4.74 Å². The Balaban J connectivity index is 1.46. The van der Waals surface area contributed by atoms with Gasteiger partial charge in [0.25, 0.3) is 11.8 Å². The lowest BCUT2D eigenvalue weighted by Gasteiger charge is -2.31. The number of nitrogens with zero attached hydrogens (tertiary/aromatic N) is 2. The highest BCUT2D eigenvalue weighted by molar-refractivity contribution is 7.12. The van der Waals surface area contributed by atoms with Crippen LogP contribution in [0.25, 0.3) is 0 Å². The van der Waals surface area contributed by atoms with Gasteiger partial charge in [-0.25, -0.2) is 0 Å². The zero-order valence-electron chi connectivity index (χ0n) is 16.7. The molecule has 154 valence electrons. The number of esters is 1. The molecule has 0 radical (unpaired) electrons. The fraction of sp³-hybridized carbons (Fsp3) is 0.409. The van der Waals surface area contributed by atoms with Crippen LogP contribution in [0.4, 0.5) is 0 Å². The predicted molar refractivity (Wildman–Crippen MR) is 111 cm³/mol. The monoisotopic (exact) mass is 414 g/mol. The van der Waals surface area contributed by atoms with Crippen molar-refractivity contribution in [2.75, 3.05) is 20.1 Å². The minimum Gasteiger partial charge on any atom is -0.452 e. The predicted octanol–water partition coefficient (Wildman–Crippen LogP) is 3.19. The van der Waals surface area contributed by atoms with E-state index in [1.807, 2.05) is 47.8 Å². The molecule has 1 aliphatic heterocycles. The Morgan fingerprint density at radius 2 is 1.83 bits per heavy atom. The van der Waals surface area contributed by atoms with Crippen molar-refractivity contribution in [1.29, 1.82) is 0 Å². The number of benzene rings is 1. The van der Waals surface area contributed by atoms with Crippen molar-refractivity contribution in [1.82, 2.24) is 9.80 Å². The first-order chi connectivity index (χ1) is 14.0. The molecule has 3 rings (SSSR count). The Morgan fingerprint density at radius 1 is 1.14 bits per heavy atom. The van der Waals surface area contributed by atoms with Crippen LogP contribution in [0.5, 0.6) is 0 Å². The molecule has 2 heterocycles. The van der Waals surface area contributed by atoms with Gasteiger partial charge in [0.1, 0.15) is 0 Å². The first-order valence-corrected chi connectivity index (χ1v) is 10.7. The zero-order chi connectivity index (χ0) is 20.8. The number of likely N-dealkylation sites (N-methyl/N-ethyl adjacent to an activating group) is 1. The molecule has 0 bridgehead atoms. The van der Waals surface area contributed by atoms with E-state index in [-0.39, 0.29) is 23.7 Å². The third kappa shape index (κ3) is 5.44. The highest BCUT2D eigenvalue weighted by Crippen LogP contribution is 2.22. The minimum absolute atomic E-state index is 0.0119. The number of amides is 2. The number of piperidine rings is 1. The Bertz CT molecular complexity index is 830. The largest absolute Gasteiger partial charge is 0.452 e. The van der Waals surface area contributed by atoms with Gasteiger partial charge in [0.15, 0.2) is 6.10 Å². The van der Waals surface area contributed by atoms with E-state index in [9.17, 15) is 14.4 Å². The average molecular weight is 415 g/mol. The van der Waals surface area contributed by atoms with Gasteiger partial charge in [-0.05, 0) is 36.8 Å². The van der Waals surface area contributed by atoms with Crippen molar-refractivity contribution in [3.63, 3.8) is 0 Å². The van der Waals surface area contributed by atoms with Gasteiger partial charge in [0, 0.05) is 26.7 Å². The summed E-state index contributed by atoms with van der Waals surface area (Å²) in [4.78, 5) is 41.5. The number of carbonyl (C=O) groups is 3. The first kappa shape index (κ1) is 21.0. The van der Waals surface area contributed by atoms with E-state index in [0.717, 1.165) is 5.56 Å². The quantitative estimate of drug-likeness (QED) is 0.681. The second-order valence-electron chi connectivity index (χ2n) is 7.30. The molecular weight excluding hydrogens is 388 g/mol. The van der Waals surface area contributed by atoms with E-state index >= 15 is 0 Å². The van der Waals surface area contributed by atoms with Crippen LogP contribution in [0.1, 0.15) is 35.0 Å². The second-order valence-corrected chi connectivity index (χ2v) is 8.25. The lowest BCUT2D eigenvalue weighted by Crippen LogP contribution is -2.42. The van der Waals surface area contributed by atoms with E-state index in [2.05, 4.69) is 0 Å². The van der Waals surface area contributed by atoms with E-state index < -0.39 is 6.10 Å². The molecule has 1 saturated heterocycles. The van der Waals surface area contributed by atoms with Gasteiger partial charge in [-0.15, -0.1) is 11.3 Å². The van der Waals surface area contributed by atoms with Gasteiger partial charge >= 0.3 is 5.97 Å². The molecule has 2 amide bonds. The van der Waals surface area contributed by atoms with Crippen LogP contribution >= 0.6 is 11.3 Å². The summed E-state index contributed by atoms with van der Waals surface area (Å²) in [6.45, 7) is 3.11. The second kappa shape index (κ2) is 9.69. The Hall–Kier alpha value is -2.67. The van der Waals surface area contributed by atoms with E-state index in [1.165, 1.54) is 11.3 Å². The van der Waals surface area contributed by atoms with Crippen LogP contribution in [-0.4, -0.2) is 53.8 Å². The van der Waals surface area contributed by atoms with Crippen molar-refractivity contribution in [2.24, 2.45) is 5.92 Å². The number of hydrogen-bond acceptors (Lipinski definition) is 5. The van der Waals surface area contributed by atoms with Crippen LogP contribution in [0, 0.1) is 5.92 Å². The summed E-state index contributed by atoms with van der Waals surface area (Å²) in [5.74, 6) is -0.857. The molecule has 1 aromatic carbocycles. The number of likely N-dealkylation sites (tertiary alicyclic amines) is 1. The van der Waals surface area contributed by atoms with Gasteiger partial charge in [0.2, 0.25) is 0 Å². The van der Waals surface area contributed by atoms with Gasteiger partial charge in [-0.1, -0.05) is 36.4 Å². The smallest absolute Gasteiger partial charge is 0.309 e. The van der Waals surface area contributed by atoms with Gasteiger partial charge in [-0.2, -0.15) is 0 Å². The average Bonchev–Trinajstić information content (AvgIpc) is 3.28. The molecule has 0 saturated carbocycles. The summed E-state index contributed by atoms with van der Waals surface area (Å²) < 4.78 is 5.45. The summed E-state index contributed by atoms with van der Waals surface area (Å²) in [7, 11) is 1.70. The molecule has 0 unspecified atom stereocenters. The maximum absolute atomic E-state index is 12.5. The molecule has 0 aliphatic carbocycles. The lowest BCUT2D eigenvalue weighted by atomic mass is 9.97. The van der Waals surface area contributed by atoms with Crippen molar-refractivity contribution in [3.05, 3.63) is 58.3 Å². The molecule has 1 atom stereocenters. The van der Waals surface area contributed by atoms with Crippen molar-refractivity contribution >= 4 is 29.1 Å². The molecule has 7 heteroatoms. The summed E-state index contributed by atoms with van der Waals surface area (Å²) >= 11 is 1.42. The molecule has 1 aromatic heterocycles. The standard InChI is InChI=1S/C22H26N2O4S/c1-16(20(25)23(2)15-17-7-4-3-5-8-17)28-22(27)18-10-12-24(13-11-18)21(26)19-9-6-14-29-19/h3-9,14,16,18H,10-13,15H2,1-2H3/t16-/m0/s1. The Kier molecular flexibility index (Phi) is 7.04. The SMILES string of the molecule is C[C@H](OC(=O)C1CCN(C(=O)c2cccs2)CC1)C(=O)N(C)Cc1ccccc1. The normalized spacial score (nSPS) is 15.6. The van der Waals surface area contributed by atoms with Crippen molar-refractivity contribution in [2.45, 2.75) is 32.4 Å². The number of rotatable bonds is 6. The van der Waals surface area contributed by atoms with Crippen molar-refractivity contribution < 1.29 is 19.1 Å². The summed E-state index contributed by atoms with van der Waals surface area (Å²) in [6, 6.07) is 13.3. The number of thiophene rings is 1. The van der Waals surface area contributed by atoms with E-state index in [1.54, 1.807) is 23.8 Å². The zero-order valence-corrected chi connectivity index (χ0v) is 17.6. The maximum Gasteiger partial charge on any atom is 0.309 e. The first-order valence-electron chi connectivity index (χ1n) is 9.78. The number of ether oxygens (including phenoxy) is 1. The minimum atomic E-state index is -0.831. The molecule has 2 aromatic rings. The van der Waals surface area contributed by atoms with Crippen LogP contribution in [-0.2, 0) is 20.9 Å². The third-order valence-electron chi connectivity index (χ3n) is 5.13. The molecule has 0 spiro atoms. The van der Waals surface area contributed by atoms with Gasteiger partial charge in [-0.3, -0.25) is 14.4 Å². The molecular formula is C22H26N2O4S. The number of hydrogen-bond donors (Lipinski definition) is 0. The van der Waals surface area contributed by atoms with Crippen LogP contribution in [0.2, 0.25) is 0 Å². The van der Waals surface area contributed by atoms with Crippen LogP contribution < -0.4 is 0 Å². The molecule has 1 fully saturated rings. The highest BCUT2D eigenvalue weighted by atomic mass is 32.1. The maximum atomic E-state index is 12.5. The van der Waals surface area contributed by atoms with Gasteiger partial charge in [0.05, 0.1) is 10.8 Å². The topological polar surface area (TPSA) is 66.9 Å². The lowest BCUT2D eigenvalue weighted by molar-refractivity contribution is -0.163. The summed E-state index contributed by atoms with van der Waals surface area (Å²) in [5.41, 5.74) is 1.02. The molecule has 0 N–H and O–H groups in total. The fourth-order valence-electron chi connectivity index (χ4n) is 3.44. The highest BCUT2D eigenvalue weighted by Gasteiger charge is 2.31. The fourth-order valence-corrected chi connectivity index (χ4v) is 4.13. The van der Waals surface area contributed by atoms with Crippen molar-refractivity contribution in [3.8, 4) is 0 Å². The molecule has 29 heavy (non-hydrogen) atoms. The molecule has 1 aliphatic rings. The van der Waals surface area contributed by atoms with Gasteiger partial charge < -0.3 is 14.5 Å². The third-order valence-corrected chi connectivity index (χ3v) is 5.98. The molecule has 6 nitrogen and oxygen atoms in total. The Morgan fingerprint density at radius 3 is 2.45 bits per heavy atom. The summed E-state index contributed by atoms with van der Waals surface area (Å²) in [6.07, 6.45) is 0.273. The van der Waals surface area contributed by atoms with Crippen LogP contribution in [0.3, 0.4) is 0 Å². The Labute approximate surface area is 175 Å².